The minimum absolute atomic E-state index is 0.394. The summed E-state index contributed by atoms with van der Waals surface area (Å²) in [5, 5.41) is 8.87. The number of methoxy groups -OCH3 is 1. The average molecular weight is 260 g/mol. The Balaban J connectivity index is 2.13. The molecule has 0 saturated heterocycles. The number of H-pyrrole nitrogens is 1. The summed E-state index contributed by atoms with van der Waals surface area (Å²) in [5.74, 6) is 0.209. The summed E-state index contributed by atoms with van der Waals surface area (Å²) in [5.41, 5.74) is 1.86. The van der Waals surface area contributed by atoms with E-state index >= 15 is 0 Å². The average Bonchev–Trinajstić information content (AvgIpc) is 2.87. The van der Waals surface area contributed by atoms with Gasteiger partial charge in [-0.05, 0) is 29.8 Å². The van der Waals surface area contributed by atoms with Crippen LogP contribution in [0.2, 0.25) is 0 Å². The van der Waals surface area contributed by atoms with Crippen molar-refractivity contribution < 1.29 is 14.6 Å². The molecule has 0 amide bonds. The van der Waals surface area contributed by atoms with Crippen LogP contribution >= 0.6 is 0 Å². The summed E-state index contributed by atoms with van der Waals surface area (Å²) >= 11 is 0. The molecule has 19 heavy (non-hydrogen) atoms. The Morgan fingerprint density at radius 2 is 2.11 bits per heavy atom. The topological polar surface area (TPSA) is 75.2 Å². The van der Waals surface area contributed by atoms with Crippen LogP contribution in [0.5, 0.6) is 5.75 Å². The number of ether oxygens (including phenoxy) is 1. The Hall–Kier alpha value is -2.30. The molecular formula is C14H16N2O3. The van der Waals surface area contributed by atoms with Gasteiger partial charge in [0, 0.05) is 6.42 Å². The summed E-state index contributed by atoms with van der Waals surface area (Å²) in [6.07, 6.45) is 2.11. The lowest BCUT2D eigenvalue weighted by Crippen LogP contribution is -2.12. The van der Waals surface area contributed by atoms with E-state index in [0.717, 1.165) is 17.0 Å². The van der Waals surface area contributed by atoms with Crippen molar-refractivity contribution in [3.8, 4) is 17.0 Å². The normalized spacial score (nSPS) is 12.1. The highest BCUT2D eigenvalue weighted by atomic mass is 16.5. The Labute approximate surface area is 111 Å². The summed E-state index contributed by atoms with van der Waals surface area (Å²) in [4.78, 5) is 18.1. The first-order chi connectivity index (χ1) is 9.10. The molecule has 0 bridgehead atoms. The van der Waals surface area contributed by atoms with Gasteiger partial charge in [-0.1, -0.05) is 6.92 Å². The maximum atomic E-state index is 10.8. The van der Waals surface area contributed by atoms with Gasteiger partial charge in [-0.2, -0.15) is 0 Å². The van der Waals surface area contributed by atoms with Crippen molar-refractivity contribution in [3.63, 3.8) is 0 Å². The van der Waals surface area contributed by atoms with Crippen LogP contribution in [0, 0.1) is 5.92 Å². The molecule has 2 N–H and O–H groups in total. The molecule has 5 nitrogen and oxygen atoms in total. The second-order valence-electron chi connectivity index (χ2n) is 4.42. The Morgan fingerprint density at radius 3 is 2.68 bits per heavy atom. The van der Waals surface area contributed by atoms with Crippen molar-refractivity contribution in [2.24, 2.45) is 5.92 Å². The van der Waals surface area contributed by atoms with Gasteiger partial charge in [-0.25, -0.2) is 4.98 Å². The number of carboxylic acids is 1. The Kier molecular flexibility index (Phi) is 3.85. The molecule has 2 rings (SSSR count). The van der Waals surface area contributed by atoms with Crippen LogP contribution in [0.1, 0.15) is 12.7 Å². The minimum atomic E-state index is -0.817. The van der Waals surface area contributed by atoms with Crippen LogP contribution in [0.3, 0.4) is 0 Å². The number of rotatable bonds is 5. The molecule has 1 heterocycles. The summed E-state index contributed by atoms with van der Waals surface area (Å²) in [6.45, 7) is 1.66. The number of aromatic nitrogens is 2. The Morgan fingerprint density at radius 1 is 1.42 bits per heavy atom. The first kappa shape index (κ1) is 13.1. The molecule has 1 aromatic heterocycles. The van der Waals surface area contributed by atoms with Crippen molar-refractivity contribution in [1.82, 2.24) is 9.97 Å². The SMILES string of the molecule is COc1ccc(-c2cnc(CC(C)C(=O)O)[nH]2)cc1. The van der Waals surface area contributed by atoms with E-state index in [4.69, 9.17) is 9.84 Å². The second-order valence-corrected chi connectivity index (χ2v) is 4.42. The molecule has 1 atom stereocenters. The van der Waals surface area contributed by atoms with Crippen LogP contribution in [0.4, 0.5) is 0 Å². The number of hydrogen-bond donors (Lipinski definition) is 2. The summed E-state index contributed by atoms with van der Waals surface area (Å²) < 4.78 is 5.10. The quantitative estimate of drug-likeness (QED) is 0.865. The van der Waals surface area contributed by atoms with E-state index in [9.17, 15) is 4.79 Å². The maximum absolute atomic E-state index is 10.8. The van der Waals surface area contributed by atoms with Gasteiger partial charge in [0.25, 0.3) is 0 Å². The fourth-order valence-electron chi connectivity index (χ4n) is 1.76. The van der Waals surface area contributed by atoms with Crippen LogP contribution < -0.4 is 4.74 Å². The molecule has 0 saturated carbocycles. The number of aromatic amines is 1. The van der Waals surface area contributed by atoms with E-state index < -0.39 is 11.9 Å². The van der Waals surface area contributed by atoms with Gasteiger partial charge in [0.15, 0.2) is 0 Å². The third kappa shape index (κ3) is 3.13. The zero-order chi connectivity index (χ0) is 13.8. The van der Waals surface area contributed by atoms with Crippen molar-refractivity contribution in [3.05, 3.63) is 36.3 Å². The first-order valence-electron chi connectivity index (χ1n) is 6.01. The van der Waals surface area contributed by atoms with Crippen molar-refractivity contribution in [2.45, 2.75) is 13.3 Å². The van der Waals surface area contributed by atoms with E-state index in [1.54, 1.807) is 20.2 Å². The van der Waals surface area contributed by atoms with E-state index in [2.05, 4.69) is 9.97 Å². The number of aliphatic carboxylic acids is 1. The van der Waals surface area contributed by atoms with E-state index in [0.29, 0.717) is 12.2 Å². The molecule has 0 radical (unpaired) electrons. The lowest BCUT2D eigenvalue weighted by molar-refractivity contribution is -0.141. The highest BCUT2D eigenvalue weighted by Crippen LogP contribution is 2.21. The summed E-state index contributed by atoms with van der Waals surface area (Å²) in [7, 11) is 1.62. The number of nitrogens with one attached hydrogen (secondary N) is 1. The van der Waals surface area contributed by atoms with Gasteiger partial charge < -0.3 is 14.8 Å². The molecule has 0 aliphatic carbocycles. The zero-order valence-corrected chi connectivity index (χ0v) is 10.9. The predicted octanol–water partition coefficient (Wildman–Crippen LogP) is 2.35. The molecule has 0 aliphatic rings. The highest BCUT2D eigenvalue weighted by Gasteiger charge is 2.14. The van der Waals surface area contributed by atoms with Gasteiger partial charge in [-0.3, -0.25) is 4.79 Å². The van der Waals surface area contributed by atoms with Crippen LogP contribution in [0.15, 0.2) is 30.5 Å². The van der Waals surface area contributed by atoms with Gasteiger partial charge >= 0.3 is 5.97 Å². The molecule has 0 fully saturated rings. The minimum Gasteiger partial charge on any atom is -0.497 e. The third-order valence-corrected chi connectivity index (χ3v) is 2.95. The van der Waals surface area contributed by atoms with Gasteiger partial charge in [0.1, 0.15) is 11.6 Å². The summed E-state index contributed by atoms with van der Waals surface area (Å²) in [6, 6.07) is 7.60. The lowest BCUT2D eigenvalue weighted by atomic mass is 10.1. The fraction of sp³-hybridized carbons (Fsp3) is 0.286. The number of carboxylic acid groups (broad SMARTS) is 1. The number of carbonyl (C=O) groups is 1. The Bertz CT molecular complexity index is 560. The van der Waals surface area contributed by atoms with Crippen LogP contribution in [-0.4, -0.2) is 28.2 Å². The second kappa shape index (κ2) is 5.56. The molecular weight excluding hydrogens is 244 g/mol. The fourth-order valence-corrected chi connectivity index (χ4v) is 1.76. The number of imidazole rings is 1. The highest BCUT2D eigenvalue weighted by molar-refractivity contribution is 5.69. The van der Waals surface area contributed by atoms with Gasteiger partial charge in [0.2, 0.25) is 0 Å². The van der Waals surface area contributed by atoms with E-state index in [-0.39, 0.29) is 0 Å². The molecule has 1 unspecified atom stereocenters. The largest absolute Gasteiger partial charge is 0.497 e. The lowest BCUT2D eigenvalue weighted by Gasteiger charge is -2.03. The van der Waals surface area contributed by atoms with Crippen molar-refractivity contribution in [1.29, 1.82) is 0 Å². The number of hydrogen-bond acceptors (Lipinski definition) is 3. The predicted molar refractivity (Wildman–Crippen MR) is 71.1 cm³/mol. The molecule has 2 aromatic rings. The molecule has 100 valence electrons. The van der Waals surface area contributed by atoms with Crippen LogP contribution in [-0.2, 0) is 11.2 Å². The van der Waals surface area contributed by atoms with E-state index in [1.165, 1.54) is 0 Å². The number of benzene rings is 1. The zero-order valence-electron chi connectivity index (χ0n) is 10.9. The molecule has 5 heteroatoms. The van der Waals surface area contributed by atoms with Crippen molar-refractivity contribution >= 4 is 5.97 Å². The standard InChI is InChI=1S/C14H16N2O3/c1-9(14(17)18)7-13-15-8-12(16-13)10-3-5-11(19-2)6-4-10/h3-6,8-9H,7H2,1-2H3,(H,15,16)(H,17,18). The third-order valence-electron chi connectivity index (χ3n) is 2.95. The molecule has 0 aliphatic heterocycles. The van der Waals surface area contributed by atoms with E-state index in [1.807, 2.05) is 24.3 Å². The van der Waals surface area contributed by atoms with Crippen LogP contribution in [0.25, 0.3) is 11.3 Å². The first-order valence-corrected chi connectivity index (χ1v) is 6.01. The number of nitrogens with zero attached hydrogens (tertiary/aromatic N) is 1. The smallest absolute Gasteiger partial charge is 0.306 e. The molecule has 0 spiro atoms. The maximum Gasteiger partial charge on any atom is 0.306 e. The molecule has 1 aromatic carbocycles. The van der Waals surface area contributed by atoms with Gasteiger partial charge in [0.05, 0.1) is 24.9 Å². The monoisotopic (exact) mass is 260 g/mol. The van der Waals surface area contributed by atoms with Crippen molar-refractivity contribution in [2.75, 3.05) is 7.11 Å². The van der Waals surface area contributed by atoms with Gasteiger partial charge in [-0.15, -0.1) is 0 Å².